The predicted octanol–water partition coefficient (Wildman–Crippen LogP) is 1.88. The summed E-state index contributed by atoms with van der Waals surface area (Å²) in [6, 6.07) is 5.11. The van der Waals surface area contributed by atoms with Crippen molar-refractivity contribution in [2.75, 3.05) is 26.5 Å². The van der Waals surface area contributed by atoms with E-state index < -0.39 is 0 Å². The third-order valence-corrected chi connectivity index (χ3v) is 3.95. The highest BCUT2D eigenvalue weighted by atomic mass is 35.5. The highest BCUT2D eigenvalue weighted by Crippen LogP contribution is 2.29. The number of ether oxygens (including phenoxy) is 1. The lowest BCUT2D eigenvalue weighted by molar-refractivity contribution is -0.119. The number of carbonyl (C=O) groups excluding carboxylic acids is 2. The first-order valence-electron chi connectivity index (χ1n) is 7.38. The molecule has 0 spiro atoms. The number of halogens is 1. The number of hydrogen-bond acceptors (Lipinski definition) is 4. The van der Waals surface area contributed by atoms with Crippen LogP contribution in [0.3, 0.4) is 0 Å². The molecule has 7 heteroatoms. The number of nitrogens with two attached hydrogens (primary N) is 1. The average molecular weight is 342 g/mol. The normalized spacial score (nSPS) is 19.7. The predicted molar refractivity (Wildman–Crippen MR) is 92.2 cm³/mol. The summed E-state index contributed by atoms with van der Waals surface area (Å²) in [6.45, 7) is 0. The van der Waals surface area contributed by atoms with E-state index in [0.717, 1.165) is 12.8 Å². The maximum absolute atomic E-state index is 12.3. The molecular formula is C16H24ClN3O3. The van der Waals surface area contributed by atoms with Crippen molar-refractivity contribution < 1.29 is 14.3 Å². The molecule has 1 aliphatic carbocycles. The van der Waals surface area contributed by atoms with Crippen molar-refractivity contribution in [2.24, 2.45) is 11.7 Å². The lowest BCUT2D eigenvalue weighted by Crippen LogP contribution is -2.24. The van der Waals surface area contributed by atoms with Gasteiger partial charge in [-0.2, -0.15) is 0 Å². The van der Waals surface area contributed by atoms with Crippen LogP contribution < -0.4 is 15.8 Å². The fourth-order valence-corrected chi connectivity index (χ4v) is 2.69. The Morgan fingerprint density at radius 2 is 2.00 bits per heavy atom. The Morgan fingerprint density at radius 1 is 1.30 bits per heavy atom. The zero-order valence-electron chi connectivity index (χ0n) is 13.7. The molecule has 2 amide bonds. The molecule has 3 N–H and O–H groups in total. The Balaban J connectivity index is 0.00000264. The average Bonchev–Trinajstić information content (AvgIpc) is 2.93. The van der Waals surface area contributed by atoms with E-state index in [1.165, 1.54) is 12.0 Å². The van der Waals surface area contributed by atoms with Gasteiger partial charge in [-0.15, -0.1) is 12.4 Å². The number of hydrogen-bond donors (Lipinski definition) is 2. The van der Waals surface area contributed by atoms with E-state index in [9.17, 15) is 9.59 Å². The zero-order valence-corrected chi connectivity index (χ0v) is 14.5. The van der Waals surface area contributed by atoms with E-state index in [0.29, 0.717) is 23.4 Å². The molecule has 2 atom stereocenters. The summed E-state index contributed by atoms with van der Waals surface area (Å²) in [5, 5.41) is 2.87. The first-order chi connectivity index (χ1) is 10.4. The van der Waals surface area contributed by atoms with Crippen molar-refractivity contribution in [3.8, 4) is 5.75 Å². The second-order valence-electron chi connectivity index (χ2n) is 5.87. The highest BCUT2D eigenvalue weighted by Gasteiger charge is 2.28. The molecule has 128 valence electrons. The van der Waals surface area contributed by atoms with Gasteiger partial charge in [0.1, 0.15) is 5.75 Å². The number of amides is 2. The summed E-state index contributed by atoms with van der Waals surface area (Å²) in [6.07, 6.45) is 2.37. The molecule has 1 aromatic carbocycles. The van der Waals surface area contributed by atoms with Crippen molar-refractivity contribution >= 4 is 29.9 Å². The zero-order chi connectivity index (χ0) is 16.3. The van der Waals surface area contributed by atoms with Gasteiger partial charge < -0.3 is 20.7 Å². The molecule has 1 fully saturated rings. The van der Waals surface area contributed by atoms with E-state index in [1.54, 1.807) is 32.3 Å². The van der Waals surface area contributed by atoms with Crippen molar-refractivity contribution in [3.63, 3.8) is 0 Å². The van der Waals surface area contributed by atoms with Gasteiger partial charge in [0.15, 0.2) is 0 Å². The Hall–Kier alpha value is -1.79. The second kappa shape index (κ2) is 8.17. The maximum Gasteiger partial charge on any atom is 0.253 e. The van der Waals surface area contributed by atoms with E-state index in [1.807, 2.05) is 0 Å². The van der Waals surface area contributed by atoms with Crippen LogP contribution >= 0.6 is 12.4 Å². The standard InChI is InChI=1S/C16H23N3O3.ClH/c1-19(2)16(21)11-5-7-14(22-3)13(9-11)18-15(20)10-4-6-12(17)8-10;/h5,7,9-10,12H,4,6,8,17H2,1-3H3,(H,18,20);1H. The Kier molecular flexibility index (Phi) is 6.84. The first kappa shape index (κ1) is 19.3. The van der Waals surface area contributed by atoms with Gasteiger partial charge in [0.2, 0.25) is 5.91 Å². The fraction of sp³-hybridized carbons (Fsp3) is 0.500. The minimum absolute atomic E-state index is 0. The lowest BCUT2D eigenvalue weighted by atomic mass is 10.1. The molecule has 0 radical (unpaired) electrons. The lowest BCUT2D eigenvalue weighted by Gasteiger charge is -2.16. The third-order valence-electron chi connectivity index (χ3n) is 3.95. The van der Waals surface area contributed by atoms with Crippen molar-refractivity contribution in [1.82, 2.24) is 4.90 Å². The Labute approximate surface area is 142 Å². The number of anilines is 1. The van der Waals surface area contributed by atoms with Crippen LogP contribution in [0, 0.1) is 5.92 Å². The fourth-order valence-electron chi connectivity index (χ4n) is 2.69. The van der Waals surface area contributed by atoms with Crippen LogP contribution in [0.25, 0.3) is 0 Å². The molecule has 0 saturated heterocycles. The molecule has 1 saturated carbocycles. The Bertz CT molecular complexity index is 578. The summed E-state index contributed by atoms with van der Waals surface area (Å²) in [5.74, 6) is 0.264. The molecular weight excluding hydrogens is 318 g/mol. The minimum Gasteiger partial charge on any atom is -0.495 e. The van der Waals surface area contributed by atoms with Gasteiger partial charge in [-0.1, -0.05) is 0 Å². The van der Waals surface area contributed by atoms with Crippen LogP contribution in [0.1, 0.15) is 29.6 Å². The van der Waals surface area contributed by atoms with E-state index in [4.69, 9.17) is 10.5 Å². The summed E-state index contributed by atoms with van der Waals surface area (Å²) in [7, 11) is 4.90. The minimum atomic E-state index is -0.124. The molecule has 23 heavy (non-hydrogen) atoms. The number of rotatable bonds is 4. The SMILES string of the molecule is COc1ccc(C(=O)N(C)C)cc1NC(=O)C1CCC(N)C1.Cl. The number of nitrogens with one attached hydrogen (secondary N) is 1. The topological polar surface area (TPSA) is 84.7 Å². The van der Waals surface area contributed by atoms with Crippen LogP contribution in [0.15, 0.2) is 18.2 Å². The highest BCUT2D eigenvalue weighted by molar-refractivity contribution is 5.98. The van der Waals surface area contributed by atoms with Gasteiger partial charge in [0.05, 0.1) is 12.8 Å². The first-order valence-corrected chi connectivity index (χ1v) is 7.38. The maximum atomic E-state index is 12.3. The van der Waals surface area contributed by atoms with Crippen molar-refractivity contribution in [1.29, 1.82) is 0 Å². The van der Waals surface area contributed by atoms with E-state index in [2.05, 4.69) is 5.32 Å². The summed E-state index contributed by atoms with van der Waals surface area (Å²) < 4.78 is 5.26. The molecule has 1 aliphatic rings. The van der Waals surface area contributed by atoms with Gasteiger partial charge >= 0.3 is 0 Å². The van der Waals surface area contributed by atoms with Crippen LogP contribution in [0.5, 0.6) is 5.75 Å². The van der Waals surface area contributed by atoms with Gasteiger partial charge in [0, 0.05) is 31.6 Å². The molecule has 6 nitrogen and oxygen atoms in total. The van der Waals surface area contributed by atoms with Gasteiger partial charge in [-0.05, 0) is 37.5 Å². The van der Waals surface area contributed by atoms with Crippen LogP contribution in [0.4, 0.5) is 5.69 Å². The molecule has 0 bridgehead atoms. The monoisotopic (exact) mass is 341 g/mol. The molecule has 0 aromatic heterocycles. The van der Waals surface area contributed by atoms with E-state index in [-0.39, 0.29) is 36.2 Å². The Morgan fingerprint density at radius 3 is 2.52 bits per heavy atom. The van der Waals surface area contributed by atoms with E-state index >= 15 is 0 Å². The number of nitrogens with zero attached hydrogens (tertiary/aromatic N) is 1. The summed E-state index contributed by atoms with van der Waals surface area (Å²) >= 11 is 0. The number of carbonyl (C=O) groups is 2. The van der Waals surface area contributed by atoms with Gasteiger partial charge in [0.25, 0.3) is 5.91 Å². The molecule has 2 rings (SSSR count). The van der Waals surface area contributed by atoms with Gasteiger partial charge in [-0.25, -0.2) is 0 Å². The summed E-state index contributed by atoms with van der Waals surface area (Å²) in [4.78, 5) is 25.9. The number of benzene rings is 1. The smallest absolute Gasteiger partial charge is 0.253 e. The second-order valence-corrected chi connectivity index (χ2v) is 5.87. The number of methoxy groups -OCH3 is 1. The molecule has 0 aliphatic heterocycles. The molecule has 0 heterocycles. The molecule has 1 aromatic rings. The summed E-state index contributed by atoms with van der Waals surface area (Å²) in [5.41, 5.74) is 6.87. The largest absolute Gasteiger partial charge is 0.495 e. The molecule has 2 unspecified atom stereocenters. The van der Waals surface area contributed by atoms with Crippen molar-refractivity contribution in [2.45, 2.75) is 25.3 Å². The van der Waals surface area contributed by atoms with Crippen LogP contribution in [-0.4, -0.2) is 44.0 Å². The van der Waals surface area contributed by atoms with Crippen LogP contribution in [-0.2, 0) is 4.79 Å². The van der Waals surface area contributed by atoms with Crippen molar-refractivity contribution in [3.05, 3.63) is 23.8 Å². The van der Waals surface area contributed by atoms with Gasteiger partial charge in [-0.3, -0.25) is 9.59 Å². The quantitative estimate of drug-likeness (QED) is 0.875. The van der Waals surface area contributed by atoms with Crippen LogP contribution in [0.2, 0.25) is 0 Å². The third kappa shape index (κ3) is 4.59.